The molecule has 1 aromatic heterocycles. The summed E-state index contributed by atoms with van der Waals surface area (Å²) < 4.78 is 44.2. The lowest BCUT2D eigenvalue weighted by Crippen LogP contribution is -2.45. The molecule has 6 nitrogen and oxygen atoms in total. The maximum atomic E-state index is 13.1. The third-order valence-electron chi connectivity index (χ3n) is 6.47. The lowest BCUT2D eigenvalue weighted by molar-refractivity contribution is -0.137. The number of ether oxygens (including phenoxy) is 1. The fourth-order valence-electron chi connectivity index (χ4n) is 4.62. The van der Waals surface area contributed by atoms with Gasteiger partial charge in [-0.2, -0.15) is 13.2 Å². The first-order valence-corrected chi connectivity index (χ1v) is 10.5. The molecule has 2 aliphatic rings. The minimum atomic E-state index is -4.61. The first kappa shape index (κ1) is 22.8. The Bertz CT molecular complexity index is 803. The normalized spacial score (nSPS) is 25.6. The smallest absolute Gasteiger partial charge is 0.381 e. The molecule has 0 bridgehead atoms. The van der Waals surface area contributed by atoms with Gasteiger partial charge in [-0.1, -0.05) is 13.8 Å². The molecule has 2 atom stereocenters. The van der Waals surface area contributed by atoms with Crippen molar-refractivity contribution in [2.24, 2.45) is 11.3 Å². The predicted octanol–water partition coefficient (Wildman–Crippen LogP) is 2.97. The van der Waals surface area contributed by atoms with Crippen molar-refractivity contribution in [2.45, 2.75) is 70.8 Å². The van der Waals surface area contributed by atoms with Gasteiger partial charge in [-0.3, -0.25) is 9.59 Å². The second kappa shape index (κ2) is 9.09. The van der Waals surface area contributed by atoms with Crippen LogP contribution in [0.2, 0.25) is 0 Å². The summed E-state index contributed by atoms with van der Waals surface area (Å²) in [4.78, 5) is 27.1. The average Bonchev–Trinajstić information content (AvgIpc) is 3.11. The van der Waals surface area contributed by atoms with Crippen molar-refractivity contribution in [1.82, 2.24) is 15.6 Å². The van der Waals surface area contributed by atoms with Crippen molar-refractivity contribution >= 4 is 5.91 Å². The number of rotatable bonds is 6. The van der Waals surface area contributed by atoms with E-state index in [4.69, 9.17) is 4.74 Å². The van der Waals surface area contributed by atoms with E-state index in [2.05, 4.69) is 15.6 Å². The topological polar surface area (TPSA) is 83.2 Å². The van der Waals surface area contributed by atoms with Crippen molar-refractivity contribution in [3.8, 4) is 0 Å². The SMILES string of the molecule is CC(C)[C@]1(C(=O)NCc2cc(C(F)(F)F)cc(=O)[nH]2)CC[C@@H](NC2CCOCC2)C1. The molecule has 30 heavy (non-hydrogen) atoms. The fraction of sp³-hybridized carbons (Fsp3) is 0.714. The highest BCUT2D eigenvalue weighted by atomic mass is 19.4. The van der Waals surface area contributed by atoms with Crippen molar-refractivity contribution in [2.75, 3.05) is 13.2 Å². The largest absolute Gasteiger partial charge is 0.416 e. The van der Waals surface area contributed by atoms with E-state index in [-0.39, 0.29) is 30.1 Å². The maximum absolute atomic E-state index is 13.1. The number of aromatic nitrogens is 1. The number of halogens is 3. The number of carbonyl (C=O) groups excluding carboxylic acids is 1. The molecule has 1 saturated carbocycles. The van der Waals surface area contributed by atoms with Crippen LogP contribution in [0.1, 0.15) is 57.2 Å². The quantitative estimate of drug-likeness (QED) is 0.649. The summed E-state index contributed by atoms with van der Waals surface area (Å²) in [7, 11) is 0. The third-order valence-corrected chi connectivity index (χ3v) is 6.47. The van der Waals surface area contributed by atoms with Gasteiger partial charge < -0.3 is 20.4 Å². The summed E-state index contributed by atoms with van der Waals surface area (Å²) in [5.41, 5.74) is -2.40. The van der Waals surface area contributed by atoms with Crippen LogP contribution in [0.15, 0.2) is 16.9 Å². The molecule has 3 rings (SSSR count). The zero-order chi connectivity index (χ0) is 21.9. The van der Waals surface area contributed by atoms with Crippen LogP contribution in [-0.2, 0) is 22.3 Å². The van der Waals surface area contributed by atoms with Crippen LogP contribution in [0, 0.1) is 11.3 Å². The minimum Gasteiger partial charge on any atom is -0.381 e. The van der Waals surface area contributed by atoms with Crippen molar-refractivity contribution < 1.29 is 22.7 Å². The molecule has 0 spiro atoms. The number of H-pyrrole nitrogens is 1. The summed E-state index contributed by atoms with van der Waals surface area (Å²) in [6, 6.07) is 2.01. The number of hydrogen-bond acceptors (Lipinski definition) is 4. The Balaban J connectivity index is 1.65. The monoisotopic (exact) mass is 429 g/mol. The average molecular weight is 429 g/mol. The van der Waals surface area contributed by atoms with E-state index >= 15 is 0 Å². The van der Waals surface area contributed by atoms with Crippen LogP contribution < -0.4 is 16.2 Å². The van der Waals surface area contributed by atoms with Gasteiger partial charge >= 0.3 is 6.18 Å². The van der Waals surface area contributed by atoms with Gasteiger partial charge in [-0.05, 0) is 44.1 Å². The summed E-state index contributed by atoms with van der Waals surface area (Å²) in [5, 5.41) is 6.42. The van der Waals surface area contributed by atoms with Gasteiger partial charge in [0.1, 0.15) is 0 Å². The van der Waals surface area contributed by atoms with E-state index in [9.17, 15) is 22.8 Å². The highest BCUT2D eigenvalue weighted by molar-refractivity contribution is 5.83. The lowest BCUT2D eigenvalue weighted by Gasteiger charge is -2.33. The molecule has 3 N–H and O–H groups in total. The molecule has 1 aliphatic heterocycles. The number of amides is 1. The van der Waals surface area contributed by atoms with Crippen LogP contribution >= 0.6 is 0 Å². The first-order valence-electron chi connectivity index (χ1n) is 10.5. The third kappa shape index (κ3) is 5.24. The van der Waals surface area contributed by atoms with E-state index in [0.717, 1.165) is 45.0 Å². The van der Waals surface area contributed by atoms with Crippen LogP contribution in [-0.4, -0.2) is 36.2 Å². The Morgan fingerprint density at radius 3 is 2.57 bits per heavy atom. The number of pyridine rings is 1. The first-order chi connectivity index (χ1) is 14.1. The molecule has 9 heteroatoms. The summed E-state index contributed by atoms with van der Waals surface area (Å²) in [5.74, 6) is -0.0911. The lowest BCUT2D eigenvalue weighted by atomic mass is 9.74. The van der Waals surface area contributed by atoms with E-state index in [1.807, 2.05) is 13.8 Å². The predicted molar refractivity (Wildman–Crippen MR) is 106 cm³/mol. The van der Waals surface area contributed by atoms with Gasteiger partial charge in [0.15, 0.2) is 0 Å². The summed E-state index contributed by atoms with van der Waals surface area (Å²) in [6.07, 6.45) is -0.409. The fourth-order valence-corrected chi connectivity index (χ4v) is 4.62. The number of nitrogens with one attached hydrogen (secondary N) is 3. The molecule has 0 radical (unpaired) electrons. The van der Waals surface area contributed by atoms with Crippen LogP contribution in [0.5, 0.6) is 0 Å². The van der Waals surface area contributed by atoms with Crippen LogP contribution in [0.25, 0.3) is 0 Å². The highest BCUT2D eigenvalue weighted by Gasteiger charge is 2.47. The van der Waals surface area contributed by atoms with Gasteiger partial charge in [-0.25, -0.2) is 0 Å². The summed E-state index contributed by atoms with van der Waals surface area (Å²) >= 11 is 0. The molecule has 0 aromatic carbocycles. The Kier molecular flexibility index (Phi) is 6.91. The molecular weight excluding hydrogens is 399 g/mol. The van der Waals surface area contributed by atoms with E-state index in [1.54, 1.807) is 0 Å². The zero-order valence-corrected chi connectivity index (χ0v) is 17.4. The second-order valence-corrected chi connectivity index (χ2v) is 8.74. The van der Waals surface area contributed by atoms with Crippen LogP contribution in [0.3, 0.4) is 0 Å². The molecule has 1 aliphatic carbocycles. The van der Waals surface area contributed by atoms with Crippen molar-refractivity contribution in [1.29, 1.82) is 0 Å². The molecule has 2 heterocycles. The highest BCUT2D eigenvalue weighted by Crippen LogP contribution is 2.45. The van der Waals surface area contributed by atoms with Gasteiger partial charge in [0.05, 0.1) is 17.5 Å². The Morgan fingerprint density at radius 2 is 1.93 bits per heavy atom. The number of carbonyl (C=O) groups is 1. The molecular formula is C21H30F3N3O3. The maximum Gasteiger partial charge on any atom is 0.416 e. The van der Waals surface area contributed by atoms with Gasteiger partial charge in [0.25, 0.3) is 0 Å². The van der Waals surface area contributed by atoms with Crippen molar-refractivity contribution in [3.05, 3.63) is 33.7 Å². The Hall–Kier alpha value is -1.87. The number of hydrogen-bond donors (Lipinski definition) is 3. The number of aromatic amines is 1. The van der Waals surface area contributed by atoms with Gasteiger partial charge in [0, 0.05) is 37.1 Å². The molecule has 1 aromatic rings. The van der Waals surface area contributed by atoms with E-state index < -0.39 is 22.7 Å². The molecule has 0 unspecified atom stereocenters. The van der Waals surface area contributed by atoms with Gasteiger partial charge in [0.2, 0.25) is 11.5 Å². The van der Waals surface area contributed by atoms with E-state index in [1.165, 1.54) is 0 Å². The number of alkyl halides is 3. The second-order valence-electron chi connectivity index (χ2n) is 8.74. The minimum absolute atomic E-state index is 0.0389. The molecule has 168 valence electrons. The van der Waals surface area contributed by atoms with Crippen LogP contribution in [0.4, 0.5) is 13.2 Å². The molecule has 2 fully saturated rings. The Morgan fingerprint density at radius 1 is 1.23 bits per heavy atom. The van der Waals surface area contributed by atoms with Crippen molar-refractivity contribution in [3.63, 3.8) is 0 Å². The zero-order valence-electron chi connectivity index (χ0n) is 17.4. The standard InChI is InChI=1S/C21H30F3N3O3/c1-13(2)20(6-3-16(11-20)26-15-4-7-30-8-5-15)19(29)25-12-17-9-14(21(22,23)24)10-18(28)27-17/h9-10,13,15-16,26H,3-8,11-12H2,1-2H3,(H,25,29)(H,27,28)/t16-,20+/m1/s1. The van der Waals surface area contributed by atoms with E-state index in [0.29, 0.717) is 18.5 Å². The summed E-state index contributed by atoms with van der Waals surface area (Å²) in [6.45, 7) is 5.35. The Labute approximate surface area is 174 Å². The van der Waals surface area contributed by atoms with Gasteiger partial charge in [-0.15, -0.1) is 0 Å². The molecule has 1 amide bonds. The molecule has 1 saturated heterocycles.